The summed E-state index contributed by atoms with van der Waals surface area (Å²) in [6, 6.07) is 15.9. The van der Waals surface area contributed by atoms with Crippen molar-refractivity contribution in [3.05, 3.63) is 59.7 Å². The molecule has 0 N–H and O–H groups in total. The Morgan fingerprint density at radius 3 is 2.31 bits per heavy atom. The molecule has 5 nitrogen and oxygen atoms in total. The van der Waals surface area contributed by atoms with Crippen LogP contribution in [0, 0.1) is 11.3 Å². The predicted molar refractivity (Wildman–Crippen MR) is 129 cm³/mol. The number of carbonyl (C=O) groups is 2. The van der Waals surface area contributed by atoms with E-state index in [0.717, 1.165) is 29.8 Å². The molecule has 0 bridgehead atoms. The molecule has 2 aromatic carbocycles. The van der Waals surface area contributed by atoms with Gasteiger partial charge in [-0.15, -0.1) is 0 Å². The summed E-state index contributed by atoms with van der Waals surface area (Å²) >= 11 is 0. The summed E-state index contributed by atoms with van der Waals surface area (Å²) in [4.78, 5) is 30.3. The molecule has 2 aromatic rings. The Bertz CT molecular complexity index is 1000. The number of fused-ring (bicyclic) bond motifs is 1. The Morgan fingerprint density at radius 2 is 1.72 bits per heavy atom. The molecule has 0 saturated carbocycles. The van der Waals surface area contributed by atoms with Gasteiger partial charge in [0.2, 0.25) is 0 Å². The molecule has 1 amide bonds. The van der Waals surface area contributed by atoms with Crippen molar-refractivity contribution < 1.29 is 14.3 Å². The summed E-state index contributed by atoms with van der Waals surface area (Å²) < 4.78 is 4.92. The summed E-state index contributed by atoms with van der Waals surface area (Å²) in [5.41, 5.74) is 4.22. The standard InChI is InChI=1S/C27H34N2O3/c1-18(2)15-21(16-27(4,5)6)20-11-13-22(14-12-20)29-24-10-8-7-9-23(24)25(26(29)31)28-17-32-19(3)30/h7-14,18,21H,15-17H2,1-6H3/b28-25+. The number of para-hydroxylation sites is 1. The first-order chi connectivity index (χ1) is 15.1. The molecule has 1 heterocycles. The summed E-state index contributed by atoms with van der Waals surface area (Å²) in [5, 5.41) is 0. The molecule has 1 unspecified atom stereocenters. The van der Waals surface area contributed by atoms with E-state index in [1.165, 1.54) is 12.5 Å². The quantitative estimate of drug-likeness (QED) is 0.485. The normalized spacial score (nSPS) is 15.9. The number of nitrogens with zero attached hydrogens (tertiary/aromatic N) is 2. The molecule has 170 valence electrons. The number of hydrogen-bond donors (Lipinski definition) is 0. The van der Waals surface area contributed by atoms with Gasteiger partial charge in [0.05, 0.1) is 5.69 Å². The van der Waals surface area contributed by atoms with E-state index in [1.54, 1.807) is 4.90 Å². The molecule has 0 spiro atoms. The molecular weight excluding hydrogens is 400 g/mol. The third-order valence-electron chi connectivity index (χ3n) is 5.53. The first kappa shape index (κ1) is 23.7. The Morgan fingerprint density at radius 1 is 1.06 bits per heavy atom. The van der Waals surface area contributed by atoms with Gasteiger partial charge in [-0.05, 0) is 53.9 Å². The van der Waals surface area contributed by atoms with Crippen molar-refractivity contribution in [2.24, 2.45) is 16.3 Å². The van der Waals surface area contributed by atoms with Gasteiger partial charge in [0.1, 0.15) is 5.71 Å². The van der Waals surface area contributed by atoms with Crippen molar-refractivity contribution in [3.8, 4) is 0 Å². The first-order valence-electron chi connectivity index (χ1n) is 11.3. The second-order valence-electron chi connectivity index (χ2n) is 10.1. The smallest absolute Gasteiger partial charge is 0.304 e. The lowest BCUT2D eigenvalue weighted by atomic mass is 9.78. The largest absolute Gasteiger partial charge is 0.443 e. The van der Waals surface area contributed by atoms with Crippen LogP contribution in [0.25, 0.3) is 0 Å². The summed E-state index contributed by atoms with van der Waals surface area (Å²) in [7, 11) is 0. The third kappa shape index (κ3) is 5.64. The molecule has 5 heteroatoms. The number of benzene rings is 2. The van der Waals surface area contributed by atoms with Gasteiger partial charge in [-0.2, -0.15) is 0 Å². The fourth-order valence-electron chi connectivity index (χ4n) is 4.34. The van der Waals surface area contributed by atoms with Crippen LogP contribution in [0.15, 0.2) is 53.5 Å². The highest BCUT2D eigenvalue weighted by atomic mass is 16.5. The molecule has 1 atom stereocenters. The Balaban J connectivity index is 1.91. The monoisotopic (exact) mass is 434 g/mol. The molecule has 3 rings (SSSR count). The van der Waals surface area contributed by atoms with Gasteiger partial charge in [-0.25, -0.2) is 4.99 Å². The van der Waals surface area contributed by atoms with Crippen molar-refractivity contribution in [3.63, 3.8) is 0 Å². The maximum atomic E-state index is 13.2. The van der Waals surface area contributed by atoms with Crippen molar-refractivity contribution in [2.45, 2.75) is 60.3 Å². The van der Waals surface area contributed by atoms with E-state index in [4.69, 9.17) is 4.74 Å². The molecule has 1 aliphatic heterocycles. The number of carbonyl (C=O) groups excluding carboxylic acids is 2. The lowest BCUT2D eigenvalue weighted by molar-refractivity contribution is -0.140. The minimum Gasteiger partial charge on any atom is -0.443 e. The number of aliphatic imine (C=N–C) groups is 1. The van der Waals surface area contributed by atoms with Gasteiger partial charge in [0, 0.05) is 18.2 Å². The topological polar surface area (TPSA) is 59.0 Å². The molecule has 0 radical (unpaired) electrons. The summed E-state index contributed by atoms with van der Waals surface area (Å²) in [5.74, 6) is 0.461. The average molecular weight is 435 g/mol. The van der Waals surface area contributed by atoms with Crippen LogP contribution < -0.4 is 4.90 Å². The van der Waals surface area contributed by atoms with Gasteiger partial charge in [-0.3, -0.25) is 14.5 Å². The molecule has 0 aromatic heterocycles. The Labute approximate surface area is 191 Å². The van der Waals surface area contributed by atoms with Crippen molar-refractivity contribution in [2.75, 3.05) is 11.6 Å². The molecule has 0 saturated heterocycles. The van der Waals surface area contributed by atoms with Crippen LogP contribution in [0.4, 0.5) is 11.4 Å². The van der Waals surface area contributed by atoms with Crippen LogP contribution in [0.5, 0.6) is 0 Å². The van der Waals surface area contributed by atoms with Crippen LogP contribution >= 0.6 is 0 Å². The zero-order valence-electron chi connectivity index (χ0n) is 20.0. The van der Waals surface area contributed by atoms with Crippen LogP contribution in [-0.2, 0) is 14.3 Å². The molecule has 0 aliphatic carbocycles. The van der Waals surface area contributed by atoms with E-state index >= 15 is 0 Å². The van der Waals surface area contributed by atoms with Gasteiger partial charge < -0.3 is 4.74 Å². The lowest BCUT2D eigenvalue weighted by Crippen LogP contribution is -2.26. The highest BCUT2D eigenvalue weighted by Gasteiger charge is 2.34. The van der Waals surface area contributed by atoms with E-state index in [9.17, 15) is 9.59 Å². The van der Waals surface area contributed by atoms with Crippen LogP contribution in [0.1, 0.15) is 71.4 Å². The maximum Gasteiger partial charge on any atom is 0.304 e. The molecular formula is C27H34N2O3. The fourth-order valence-corrected chi connectivity index (χ4v) is 4.34. The van der Waals surface area contributed by atoms with Crippen molar-refractivity contribution >= 4 is 29.0 Å². The minimum atomic E-state index is -0.424. The fraction of sp³-hybridized carbons (Fsp3) is 0.444. The number of hydrogen-bond acceptors (Lipinski definition) is 4. The van der Waals surface area contributed by atoms with Crippen LogP contribution in [0.2, 0.25) is 0 Å². The van der Waals surface area contributed by atoms with Crippen LogP contribution in [0.3, 0.4) is 0 Å². The first-order valence-corrected chi connectivity index (χ1v) is 11.3. The summed E-state index contributed by atoms with van der Waals surface area (Å²) in [6.45, 7) is 12.5. The summed E-state index contributed by atoms with van der Waals surface area (Å²) in [6.07, 6.45) is 2.25. The van der Waals surface area contributed by atoms with Gasteiger partial charge in [-0.1, -0.05) is 65.0 Å². The van der Waals surface area contributed by atoms with Crippen LogP contribution in [-0.4, -0.2) is 24.3 Å². The van der Waals surface area contributed by atoms with E-state index in [-0.39, 0.29) is 18.1 Å². The highest BCUT2D eigenvalue weighted by Crippen LogP contribution is 2.39. The van der Waals surface area contributed by atoms with Crippen molar-refractivity contribution in [1.82, 2.24) is 0 Å². The van der Waals surface area contributed by atoms with E-state index in [2.05, 4.69) is 51.7 Å². The van der Waals surface area contributed by atoms with E-state index < -0.39 is 5.97 Å². The Hall–Kier alpha value is -2.95. The third-order valence-corrected chi connectivity index (χ3v) is 5.53. The number of anilines is 2. The Kier molecular flexibility index (Phi) is 7.17. The number of esters is 1. The lowest BCUT2D eigenvalue weighted by Gasteiger charge is -2.28. The zero-order valence-corrected chi connectivity index (χ0v) is 20.0. The maximum absolute atomic E-state index is 13.2. The van der Waals surface area contributed by atoms with Gasteiger partial charge in [0.15, 0.2) is 6.73 Å². The second-order valence-corrected chi connectivity index (χ2v) is 10.1. The van der Waals surface area contributed by atoms with E-state index in [1.807, 2.05) is 36.4 Å². The number of ether oxygens (including phenoxy) is 1. The SMILES string of the molecule is CC(=O)OC/N=C1/C(=O)N(c2ccc(C(CC(C)C)CC(C)(C)C)cc2)c2ccccc21. The highest BCUT2D eigenvalue weighted by molar-refractivity contribution is 6.55. The number of rotatable bonds is 7. The van der Waals surface area contributed by atoms with Crippen molar-refractivity contribution in [1.29, 1.82) is 0 Å². The predicted octanol–water partition coefficient (Wildman–Crippen LogP) is 6.24. The molecule has 0 fully saturated rings. The van der Waals surface area contributed by atoms with Gasteiger partial charge in [0.25, 0.3) is 5.91 Å². The second kappa shape index (κ2) is 9.68. The minimum absolute atomic E-state index is 0.165. The number of amides is 1. The molecule has 1 aliphatic rings. The van der Waals surface area contributed by atoms with E-state index in [0.29, 0.717) is 17.5 Å². The zero-order chi connectivity index (χ0) is 23.5. The average Bonchev–Trinajstić information content (AvgIpc) is 2.98. The van der Waals surface area contributed by atoms with Gasteiger partial charge >= 0.3 is 5.97 Å². The molecule has 32 heavy (non-hydrogen) atoms.